The molecule has 0 radical (unpaired) electrons. The summed E-state index contributed by atoms with van der Waals surface area (Å²) in [4.78, 5) is 51.7. The molecule has 0 spiro atoms. The summed E-state index contributed by atoms with van der Waals surface area (Å²) < 4.78 is 10.2. The molecule has 4 rings (SSSR count). The zero-order valence-electron chi connectivity index (χ0n) is 18.9. The van der Waals surface area contributed by atoms with Crippen LogP contribution in [0.2, 0.25) is 0 Å². The van der Waals surface area contributed by atoms with Gasteiger partial charge in [0.05, 0.1) is 29.5 Å². The monoisotopic (exact) mass is 458 g/mol. The summed E-state index contributed by atoms with van der Waals surface area (Å²) in [5.74, 6) is -1.71. The third-order valence-corrected chi connectivity index (χ3v) is 5.42. The number of nitrogens with one attached hydrogen (secondary N) is 1. The van der Waals surface area contributed by atoms with Gasteiger partial charge >= 0.3 is 5.97 Å². The molecule has 0 saturated carbocycles. The van der Waals surface area contributed by atoms with Gasteiger partial charge in [-0.25, -0.2) is 9.69 Å². The first-order chi connectivity index (χ1) is 16.3. The Labute approximate surface area is 196 Å². The van der Waals surface area contributed by atoms with Crippen LogP contribution in [0.4, 0.5) is 11.4 Å². The van der Waals surface area contributed by atoms with Crippen molar-refractivity contribution in [2.24, 2.45) is 0 Å². The van der Waals surface area contributed by atoms with Gasteiger partial charge in [0.1, 0.15) is 5.75 Å². The van der Waals surface area contributed by atoms with Crippen molar-refractivity contribution in [3.05, 3.63) is 88.5 Å². The number of benzene rings is 3. The fraction of sp³-hybridized carbons (Fsp3) is 0.154. The number of esters is 1. The zero-order valence-corrected chi connectivity index (χ0v) is 18.9. The van der Waals surface area contributed by atoms with Gasteiger partial charge in [0.2, 0.25) is 0 Å². The van der Waals surface area contributed by atoms with Gasteiger partial charge in [-0.2, -0.15) is 0 Å². The van der Waals surface area contributed by atoms with Crippen LogP contribution in [0.25, 0.3) is 0 Å². The Hall–Kier alpha value is -4.46. The lowest BCUT2D eigenvalue weighted by Crippen LogP contribution is -2.30. The van der Waals surface area contributed by atoms with Crippen LogP contribution in [0, 0.1) is 13.8 Å². The molecule has 3 amide bonds. The van der Waals surface area contributed by atoms with E-state index in [0.717, 1.165) is 16.0 Å². The fourth-order valence-corrected chi connectivity index (χ4v) is 3.66. The highest BCUT2D eigenvalue weighted by atomic mass is 16.5. The molecule has 3 aromatic carbocycles. The minimum Gasteiger partial charge on any atom is -0.497 e. The summed E-state index contributed by atoms with van der Waals surface area (Å²) in [7, 11) is 1.51. The molecule has 34 heavy (non-hydrogen) atoms. The van der Waals surface area contributed by atoms with Crippen LogP contribution >= 0.6 is 0 Å². The topological polar surface area (TPSA) is 102 Å². The molecule has 0 saturated heterocycles. The highest BCUT2D eigenvalue weighted by Gasteiger charge is 2.38. The number of carbonyl (C=O) groups excluding carboxylic acids is 4. The van der Waals surface area contributed by atoms with Crippen molar-refractivity contribution >= 4 is 35.1 Å². The number of methoxy groups -OCH3 is 1. The molecule has 172 valence electrons. The second-order valence-electron chi connectivity index (χ2n) is 7.85. The maximum absolute atomic E-state index is 13.0. The van der Waals surface area contributed by atoms with Gasteiger partial charge < -0.3 is 14.8 Å². The van der Waals surface area contributed by atoms with Crippen LogP contribution in [-0.4, -0.2) is 37.4 Å². The standard InChI is InChI=1S/C26H22N2O6/c1-15-7-8-16(2)22(11-15)28-24(30)20-10-9-17(12-21(20)25(28)31)26(32)34-14-23(29)27-18-5-4-6-19(13-18)33-3/h4-13H,14H2,1-3H3,(H,27,29). The molecule has 0 unspecified atom stereocenters. The van der Waals surface area contributed by atoms with Gasteiger partial charge in [-0.3, -0.25) is 14.4 Å². The Balaban J connectivity index is 1.46. The number of anilines is 2. The lowest BCUT2D eigenvalue weighted by atomic mass is 10.1. The average molecular weight is 458 g/mol. The molecule has 8 nitrogen and oxygen atoms in total. The largest absolute Gasteiger partial charge is 0.497 e. The number of aryl methyl sites for hydroxylation is 2. The van der Waals surface area contributed by atoms with E-state index in [2.05, 4.69) is 5.32 Å². The molecule has 1 heterocycles. The molecule has 0 atom stereocenters. The number of hydrogen-bond donors (Lipinski definition) is 1. The summed E-state index contributed by atoms with van der Waals surface area (Å²) in [5.41, 5.74) is 3.07. The first kappa shape index (κ1) is 22.7. The predicted octanol–water partition coefficient (Wildman–Crippen LogP) is 3.91. The fourth-order valence-electron chi connectivity index (χ4n) is 3.66. The Morgan fingerprint density at radius 2 is 1.68 bits per heavy atom. The van der Waals surface area contributed by atoms with Crippen molar-refractivity contribution < 1.29 is 28.7 Å². The third kappa shape index (κ3) is 4.38. The van der Waals surface area contributed by atoms with E-state index >= 15 is 0 Å². The van der Waals surface area contributed by atoms with Gasteiger partial charge in [-0.15, -0.1) is 0 Å². The number of hydrogen-bond acceptors (Lipinski definition) is 6. The van der Waals surface area contributed by atoms with E-state index in [1.165, 1.54) is 25.3 Å². The van der Waals surface area contributed by atoms with Gasteiger partial charge in [-0.1, -0.05) is 18.2 Å². The van der Waals surface area contributed by atoms with Gasteiger partial charge in [0.25, 0.3) is 17.7 Å². The van der Waals surface area contributed by atoms with Crippen LogP contribution < -0.4 is 15.0 Å². The van der Waals surface area contributed by atoms with Crippen molar-refractivity contribution in [3.8, 4) is 5.75 Å². The van der Waals surface area contributed by atoms with Crippen LogP contribution in [0.15, 0.2) is 60.7 Å². The highest BCUT2D eigenvalue weighted by Crippen LogP contribution is 2.32. The Kier molecular flexibility index (Phi) is 6.14. The van der Waals surface area contributed by atoms with E-state index in [1.807, 2.05) is 26.0 Å². The molecule has 1 N–H and O–H groups in total. The summed E-state index contributed by atoms with van der Waals surface area (Å²) in [5, 5.41) is 2.61. The summed E-state index contributed by atoms with van der Waals surface area (Å²) >= 11 is 0. The molecule has 1 aliphatic heterocycles. The lowest BCUT2D eigenvalue weighted by Gasteiger charge is -2.17. The zero-order chi connectivity index (χ0) is 24.4. The molecule has 0 bridgehead atoms. The number of imide groups is 1. The summed E-state index contributed by atoms with van der Waals surface area (Å²) in [6.07, 6.45) is 0. The Morgan fingerprint density at radius 3 is 2.44 bits per heavy atom. The van der Waals surface area contributed by atoms with Crippen molar-refractivity contribution in [2.75, 3.05) is 23.9 Å². The quantitative estimate of drug-likeness (QED) is 0.444. The molecule has 0 fully saturated rings. The van der Waals surface area contributed by atoms with E-state index in [0.29, 0.717) is 17.1 Å². The van der Waals surface area contributed by atoms with Gasteiger partial charge in [-0.05, 0) is 61.4 Å². The third-order valence-electron chi connectivity index (χ3n) is 5.42. The normalized spacial score (nSPS) is 12.4. The molecule has 8 heteroatoms. The first-order valence-corrected chi connectivity index (χ1v) is 10.5. The Bertz CT molecular complexity index is 1330. The van der Waals surface area contributed by atoms with E-state index in [1.54, 1.807) is 30.3 Å². The maximum atomic E-state index is 13.0. The van der Waals surface area contributed by atoms with Crippen LogP contribution in [0.5, 0.6) is 5.75 Å². The number of amides is 3. The molecule has 0 aliphatic carbocycles. The van der Waals surface area contributed by atoms with Crippen LogP contribution in [0.1, 0.15) is 42.2 Å². The van der Waals surface area contributed by atoms with Gasteiger partial charge in [0, 0.05) is 11.8 Å². The van der Waals surface area contributed by atoms with E-state index in [-0.39, 0.29) is 16.7 Å². The van der Waals surface area contributed by atoms with Crippen LogP contribution in [0.3, 0.4) is 0 Å². The maximum Gasteiger partial charge on any atom is 0.338 e. The smallest absolute Gasteiger partial charge is 0.338 e. The second kappa shape index (κ2) is 9.19. The van der Waals surface area contributed by atoms with E-state index in [4.69, 9.17) is 9.47 Å². The molecule has 0 aromatic heterocycles. The summed E-state index contributed by atoms with van der Waals surface area (Å²) in [6.45, 7) is 3.17. The van der Waals surface area contributed by atoms with Gasteiger partial charge in [0.15, 0.2) is 6.61 Å². The van der Waals surface area contributed by atoms with E-state index in [9.17, 15) is 19.2 Å². The minimum atomic E-state index is -0.783. The van der Waals surface area contributed by atoms with Crippen LogP contribution in [-0.2, 0) is 9.53 Å². The first-order valence-electron chi connectivity index (χ1n) is 10.5. The average Bonchev–Trinajstić information content (AvgIpc) is 3.08. The number of carbonyl (C=O) groups is 4. The minimum absolute atomic E-state index is 0.0666. The lowest BCUT2D eigenvalue weighted by molar-refractivity contribution is -0.119. The number of rotatable bonds is 6. The van der Waals surface area contributed by atoms with Crippen molar-refractivity contribution in [1.29, 1.82) is 0 Å². The SMILES string of the molecule is COc1cccc(NC(=O)COC(=O)c2ccc3c(c2)C(=O)N(c2cc(C)ccc2C)C3=O)c1. The Morgan fingerprint density at radius 1 is 0.912 bits per heavy atom. The number of fused-ring (bicyclic) bond motifs is 1. The predicted molar refractivity (Wildman–Crippen MR) is 125 cm³/mol. The van der Waals surface area contributed by atoms with Crippen molar-refractivity contribution in [2.45, 2.75) is 13.8 Å². The van der Waals surface area contributed by atoms with E-state index < -0.39 is 30.3 Å². The molecule has 3 aromatic rings. The molecular formula is C26H22N2O6. The van der Waals surface area contributed by atoms with Crippen molar-refractivity contribution in [1.82, 2.24) is 0 Å². The molecular weight excluding hydrogens is 436 g/mol. The number of nitrogens with zero attached hydrogens (tertiary/aromatic N) is 1. The van der Waals surface area contributed by atoms with Crippen molar-refractivity contribution in [3.63, 3.8) is 0 Å². The number of ether oxygens (including phenoxy) is 2. The molecule has 1 aliphatic rings. The second-order valence-corrected chi connectivity index (χ2v) is 7.85. The highest BCUT2D eigenvalue weighted by molar-refractivity contribution is 6.35. The summed E-state index contributed by atoms with van der Waals surface area (Å²) in [6, 6.07) is 16.4.